The number of hydrogen-bond acceptors (Lipinski definition) is 3. The molecule has 0 fully saturated rings. The number of amides is 2. The van der Waals surface area contributed by atoms with Crippen LogP contribution in [0.15, 0.2) is 35.4 Å². The average Bonchev–Trinajstić information content (AvgIpc) is 3.05. The lowest BCUT2D eigenvalue weighted by Crippen LogP contribution is -2.22. The van der Waals surface area contributed by atoms with Crippen LogP contribution < -0.4 is 15.8 Å². The van der Waals surface area contributed by atoms with Gasteiger partial charge in [-0.1, -0.05) is 12.1 Å². The van der Waals surface area contributed by atoms with E-state index in [1.54, 1.807) is 0 Å². The van der Waals surface area contributed by atoms with Crippen molar-refractivity contribution in [2.24, 2.45) is 5.73 Å². The number of alkyl halides is 2. The maximum absolute atomic E-state index is 14.7. The van der Waals surface area contributed by atoms with Crippen LogP contribution in [-0.2, 0) is 9.59 Å². The first kappa shape index (κ1) is 18.3. The lowest BCUT2D eigenvalue weighted by atomic mass is 10.0. The second-order valence-electron chi connectivity index (χ2n) is 6.62. The Balaban J connectivity index is 2.03. The second kappa shape index (κ2) is 7.97. The average molecular weight is 447 g/mol. The molecule has 1 aliphatic carbocycles. The van der Waals surface area contributed by atoms with E-state index in [1.807, 2.05) is 0 Å². The molecule has 0 aromatic heterocycles. The summed E-state index contributed by atoms with van der Waals surface area (Å²) >= 11 is 0. The number of carbonyl (C=O) groups excluding carboxylic acids is 2. The number of methoxy groups -OCH3 is 1. The van der Waals surface area contributed by atoms with Gasteiger partial charge in [0.25, 0.3) is 11.8 Å². The van der Waals surface area contributed by atoms with E-state index in [-0.39, 0.29) is 5.75 Å². The van der Waals surface area contributed by atoms with Crippen LogP contribution in [-0.4, -0.2) is 24.8 Å². The smallest absolute Gasteiger partial charge is 0.256 e. The molecule has 0 unspecified atom stereocenters. The van der Waals surface area contributed by atoms with E-state index in [9.17, 15) is 35.9 Å². The van der Waals surface area contributed by atoms with Gasteiger partial charge in [-0.25, -0.2) is 26.3 Å². The van der Waals surface area contributed by atoms with Crippen LogP contribution in [0.1, 0.15) is 17.0 Å². The topological polar surface area (TPSA) is 81.4 Å². The Kier molecular flexibility index (Phi) is 4.70. The normalized spacial score (nSPS) is 17.0. The first-order valence-corrected chi connectivity index (χ1v) is 8.47. The molecule has 0 heterocycles. The van der Waals surface area contributed by atoms with Crippen molar-refractivity contribution in [2.75, 3.05) is 12.4 Å². The number of primary amides is 1. The van der Waals surface area contributed by atoms with Crippen molar-refractivity contribution in [1.29, 1.82) is 0 Å². The number of ether oxygens (including phenoxy) is 1. The van der Waals surface area contributed by atoms with Crippen molar-refractivity contribution in [3.8, 4) is 16.9 Å². The van der Waals surface area contributed by atoms with Gasteiger partial charge in [0.1, 0.15) is 11.4 Å². The highest BCUT2D eigenvalue weighted by Gasteiger charge is 2.43. The fourth-order valence-electron chi connectivity index (χ4n) is 3.15. The van der Waals surface area contributed by atoms with Crippen LogP contribution >= 0.6 is 0 Å². The van der Waals surface area contributed by atoms with E-state index in [4.69, 9.17) is 9.85 Å². The summed E-state index contributed by atoms with van der Waals surface area (Å²) in [6.07, 6.45) is -2.47. The van der Waals surface area contributed by atoms with Gasteiger partial charge in [0.2, 0.25) is 5.91 Å². The Morgan fingerprint density at radius 1 is 1.06 bits per heavy atom. The molecule has 0 bridgehead atoms. The predicted molar refractivity (Wildman–Crippen MR) is 97.3 cm³/mol. The van der Waals surface area contributed by atoms with Gasteiger partial charge in [-0.3, -0.25) is 9.59 Å². The summed E-state index contributed by atoms with van der Waals surface area (Å²) in [6.45, 7) is 0. The molecule has 0 saturated heterocycles. The van der Waals surface area contributed by atoms with Gasteiger partial charge in [0.15, 0.2) is 23.3 Å². The molecule has 0 atom stereocenters. The number of nitrogens with two attached hydrogens (primary N) is 1. The minimum Gasteiger partial charge on any atom is -0.497 e. The zero-order chi connectivity index (χ0) is 25.6. The number of hydrogen-bond donors (Lipinski definition) is 2. The third kappa shape index (κ3) is 4.07. The van der Waals surface area contributed by atoms with Gasteiger partial charge in [-0.2, -0.15) is 0 Å². The third-order valence-corrected chi connectivity index (χ3v) is 4.55. The van der Waals surface area contributed by atoms with Gasteiger partial charge >= 0.3 is 0 Å². The monoisotopic (exact) mass is 447 g/mol. The Morgan fingerprint density at radius 2 is 1.68 bits per heavy atom. The highest BCUT2D eigenvalue weighted by atomic mass is 19.3. The van der Waals surface area contributed by atoms with Gasteiger partial charge < -0.3 is 15.8 Å². The second-order valence-corrected chi connectivity index (χ2v) is 6.62. The zero-order valence-electron chi connectivity index (χ0n) is 18.3. The first-order valence-electron chi connectivity index (χ1n) is 9.97. The fourth-order valence-corrected chi connectivity index (χ4v) is 3.15. The molecular weight excluding hydrogens is 430 g/mol. The van der Waals surface area contributed by atoms with E-state index in [2.05, 4.69) is 4.74 Å². The van der Waals surface area contributed by atoms with Crippen LogP contribution in [0.25, 0.3) is 11.1 Å². The van der Waals surface area contributed by atoms with E-state index >= 15 is 0 Å². The predicted octanol–water partition coefficient (Wildman–Crippen LogP) is 4.07. The molecule has 11 heteroatoms. The van der Waals surface area contributed by atoms with Crippen LogP contribution in [0.3, 0.4) is 0 Å². The van der Waals surface area contributed by atoms with E-state index in [1.165, 1.54) is 5.32 Å². The molecule has 164 valence electrons. The Bertz CT molecular complexity index is 1200. The van der Waals surface area contributed by atoms with Crippen molar-refractivity contribution >= 4 is 17.5 Å². The van der Waals surface area contributed by atoms with Crippen LogP contribution in [0.2, 0.25) is 0 Å². The van der Waals surface area contributed by atoms with Gasteiger partial charge in [-0.05, 0) is 17.7 Å². The number of carbonyl (C=O) groups is 2. The number of halogens is 6. The van der Waals surface area contributed by atoms with E-state index < -0.39 is 88.8 Å². The molecule has 5 nitrogen and oxygen atoms in total. The molecule has 3 N–H and O–H groups in total. The maximum atomic E-state index is 14.7. The molecule has 0 aliphatic heterocycles. The highest BCUT2D eigenvalue weighted by Crippen LogP contribution is 2.40. The first-order chi connectivity index (χ1) is 15.6. The summed E-state index contributed by atoms with van der Waals surface area (Å²) in [5, 5.41) is 1.48. The number of rotatable bonds is 5. The van der Waals surface area contributed by atoms with Crippen molar-refractivity contribution in [1.82, 2.24) is 0 Å². The minimum atomic E-state index is -3.53. The van der Waals surface area contributed by atoms with E-state index in [0.717, 1.165) is 24.3 Å². The minimum absolute atomic E-state index is 0.387. The highest BCUT2D eigenvalue weighted by molar-refractivity contribution is 6.10. The molecule has 2 aromatic carbocycles. The molecule has 2 amide bonds. The van der Waals surface area contributed by atoms with Crippen molar-refractivity contribution in [2.45, 2.75) is 18.8 Å². The fraction of sp³-hybridized carbons (Fsp3) is 0.200. The van der Waals surface area contributed by atoms with Crippen LogP contribution in [0, 0.1) is 23.3 Å². The zero-order valence-corrected chi connectivity index (χ0v) is 15.3. The van der Waals surface area contributed by atoms with Crippen molar-refractivity contribution < 1.29 is 44.8 Å². The summed E-state index contributed by atoms with van der Waals surface area (Å²) < 4.78 is 112. The molecule has 2 aromatic rings. The maximum Gasteiger partial charge on any atom is 0.256 e. The Hall–Kier alpha value is -3.50. The molecule has 1 aliphatic rings. The standard InChI is InChI=1S/C20H14F6N2O3/c1-31-9-4-2-3-8(5-9)12-13(21)15(23)17(16(24)14(12)22)28-19(30)11-7-20(25,26)6-10(11)18(27)29/h2-5H,6-7H2,1H3,(H2,27,29)(H,28,30)/i1D3. The Labute approximate surface area is 175 Å². The summed E-state index contributed by atoms with van der Waals surface area (Å²) in [4.78, 5) is 23.7. The number of nitrogens with one attached hydrogen (secondary N) is 1. The summed E-state index contributed by atoms with van der Waals surface area (Å²) in [5.74, 6) is -15.0. The van der Waals surface area contributed by atoms with Gasteiger partial charge in [-0.15, -0.1) is 0 Å². The molecule has 31 heavy (non-hydrogen) atoms. The molecule has 3 rings (SSSR count). The molecule has 0 saturated carbocycles. The lowest BCUT2D eigenvalue weighted by Gasteiger charge is -2.14. The summed E-state index contributed by atoms with van der Waals surface area (Å²) in [7, 11) is -2.92. The van der Waals surface area contributed by atoms with Gasteiger partial charge in [0, 0.05) is 24.0 Å². The van der Waals surface area contributed by atoms with Crippen LogP contribution in [0.5, 0.6) is 5.75 Å². The lowest BCUT2D eigenvalue weighted by molar-refractivity contribution is -0.116. The molecule has 0 spiro atoms. The van der Waals surface area contributed by atoms with Gasteiger partial charge in [0.05, 0.1) is 16.7 Å². The molecular formula is C20H14F6N2O3. The number of anilines is 1. The van der Waals surface area contributed by atoms with Crippen molar-refractivity contribution in [3.63, 3.8) is 0 Å². The third-order valence-electron chi connectivity index (χ3n) is 4.55. The van der Waals surface area contributed by atoms with Crippen molar-refractivity contribution in [3.05, 3.63) is 58.7 Å². The number of benzene rings is 2. The summed E-state index contributed by atoms with van der Waals surface area (Å²) in [5.41, 5.74) is -0.0657. The summed E-state index contributed by atoms with van der Waals surface area (Å²) in [6, 6.07) is 4.05. The van der Waals surface area contributed by atoms with E-state index in [0.29, 0.717) is 0 Å². The molecule has 0 radical (unpaired) electrons. The quantitative estimate of drug-likeness (QED) is 0.536. The van der Waals surface area contributed by atoms with Crippen LogP contribution in [0.4, 0.5) is 32.0 Å². The largest absolute Gasteiger partial charge is 0.497 e. The Morgan fingerprint density at radius 3 is 2.26 bits per heavy atom. The SMILES string of the molecule is [2H]C([2H])([2H])Oc1cccc(-c2c(F)c(F)c(NC(=O)C3=C(C(N)=O)CC(F)(F)C3)c(F)c2F)c1.